The monoisotopic (exact) mass is 342 g/mol. The van der Waals surface area contributed by atoms with Crippen molar-refractivity contribution in [3.8, 4) is 0 Å². The minimum Gasteiger partial charge on any atom is -0.378 e. The number of nitrogens with zero attached hydrogens (tertiary/aromatic N) is 4. The number of halogens is 1. The normalized spacial score (nSPS) is 17.1. The first-order valence-electron chi connectivity index (χ1n) is 8.42. The molecule has 4 heterocycles. The van der Waals surface area contributed by atoms with Gasteiger partial charge in [-0.25, -0.2) is 4.39 Å². The highest BCUT2D eigenvalue weighted by molar-refractivity contribution is 6.03. The van der Waals surface area contributed by atoms with Crippen molar-refractivity contribution in [1.82, 2.24) is 14.9 Å². The second-order valence-corrected chi connectivity index (χ2v) is 6.20. The van der Waals surface area contributed by atoms with E-state index in [4.69, 9.17) is 4.74 Å². The van der Waals surface area contributed by atoms with Crippen molar-refractivity contribution in [1.29, 1.82) is 0 Å². The summed E-state index contributed by atoms with van der Waals surface area (Å²) in [5.74, 6) is -0.348. The molecule has 2 aromatic heterocycles. The molecule has 6 nitrogen and oxygen atoms in total. The lowest BCUT2D eigenvalue weighted by molar-refractivity contribution is 0.0779. The van der Waals surface area contributed by atoms with Crippen LogP contribution in [0.1, 0.15) is 21.7 Å². The fourth-order valence-electron chi connectivity index (χ4n) is 3.31. The second-order valence-electron chi connectivity index (χ2n) is 6.20. The Morgan fingerprint density at radius 2 is 2.00 bits per heavy atom. The Morgan fingerprint density at radius 3 is 2.76 bits per heavy atom. The maximum Gasteiger partial charge on any atom is 0.258 e. The van der Waals surface area contributed by atoms with Gasteiger partial charge in [0.15, 0.2) is 0 Å². The summed E-state index contributed by atoms with van der Waals surface area (Å²) in [5, 5.41) is 0. The maximum atomic E-state index is 12.9. The molecule has 1 saturated heterocycles. The van der Waals surface area contributed by atoms with Gasteiger partial charge in [-0.15, -0.1) is 0 Å². The molecule has 2 aliphatic heterocycles. The summed E-state index contributed by atoms with van der Waals surface area (Å²) in [7, 11) is 0. The van der Waals surface area contributed by atoms with Gasteiger partial charge in [-0.05, 0) is 18.2 Å². The van der Waals surface area contributed by atoms with E-state index in [1.807, 2.05) is 6.07 Å². The molecule has 2 aliphatic rings. The number of hydrogen-bond donors (Lipinski definition) is 0. The number of carbonyl (C=O) groups excluding carboxylic acids is 1. The zero-order chi connectivity index (χ0) is 17.2. The molecule has 4 rings (SSSR count). The van der Waals surface area contributed by atoms with E-state index < -0.39 is 0 Å². The van der Waals surface area contributed by atoms with Gasteiger partial charge >= 0.3 is 0 Å². The molecule has 0 atom stereocenters. The highest BCUT2D eigenvalue weighted by atomic mass is 19.1. The zero-order valence-corrected chi connectivity index (χ0v) is 13.8. The number of anilines is 1. The van der Waals surface area contributed by atoms with Crippen LogP contribution in [0.5, 0.6) is 0 Å². The zero-order valence-electron chi connectivity index (χ0n) is 13.8. The van der Waals surface area contributed by atoms with Crippen molar-refractivity contribution < 1.29 is 13.9 Å². The number of rotatable bonds is 4. The van der Waals surface area contributed by atoms with Crippen LogP contribution in [-0.2, 0) is 17.7 Å². The summed E-state index contributed by atoms with van der Waals surface area (Å²) < 4.78 is 18.3. The van der Waals surface area contributed by atoms with Crippen LogP contribution in [0.15, 0.2) is 30.6 Å². The lowest BCUT2D eigenvalue weighted by Gasteiger charge is -2.30. The smallest absolute Gasteiger partial charge is 0.258 e. The Balaban J connectivity index is 1.50. The van der Waals surface area contributed by atoms with Crippen LogP contribution in [0.4, 0.5) is 10.1 Å². The first-order chi connectivity index (χ1) is 12.2. The number of amides is 1. The average molecular weight is 342 g/mol. The lowest BCUT2D eigenvalue weighted by atomic mass is 10.1. The number of pyridine rings is 2. The molecule has 0 N–H and O–H groups in total. The molecule has 1 amide bonds. The third-order valence-electron chi connectivity index (χ3n) is 4.63. The van der Waals surface area contributed by atoms with Crippen LogP contribution in [0.25, 0.3) is 0 Å². The molecule has 0 aromatic carbocycles. The van der Waals surface area contributed by atoms with Crippen molar-refractivity contribution >= 4 is 11.6 Å². The van der Waals surface area contributed by atoms with Crippen molar-refractivity contribution in [2.24, 2.45) is 0 Å². The van der Waals surface area contributed by atoms with Gasteiger partial charge < -0.3 is 14.5 Å². The van der Waals surface area contributed by atoms with E-state index in [1.54, 1.807) is 17.2 Å². The quantitative estimate of drug-likeness (QED) is 0.846. The number of aromatic nitrogens is 2. The van der Waals surface area contributed by atoms with Gasteiger partial charge in [-0.1, -0.05) is 0 Å². The minimum atomic E-state index is -0.354. The van der Waals surface area contributed by atoms with E-state index in [2.05, 4.69) is 14.9 Å². The third kappa shape index (κ3) is 3.19. The van der Waals surface area contributed by atoms with Crippen LogP contribution in [0.3, 0.4) is 0 Å². The van der Waals surface area contributed by atoms with Crippen LogP contribution in [-0.4, -0.2) is 53.6 Å². The lowest BCUT2D eigenvalue weighted by Crippen LogP contribution is -2.37. The summed E-state index contributed by atoms with van der Waals surface area (Å²) in [6, 6.07) is 4.95. The Labute approximate surface area is 145 Å². The molecular weight excluding hydrogens is 323 g/mol. The number of fused-ring (bicyclic) bond motifs is 1. The summed E-state index contributed by atoms with van der Waals surface area (Å²) in [6.07, 6.45) is 3.56. The molecule has 2 aromatic rings. The van der Waals surface area contributed by atoms with Crippen molar-refractivity contribution in [2.75, 3.05) is 37.7 Å². The van der Waals surface area contributed by atoms with E-state index in [1.165, 1.54) is 12.3 Å². The van der Waals surface area contributed by atoms with Gasteiger partial charge in [-0.2, -0.15) is 0 Å². The van der Waals surface area contributed by atoms with Crippen molar-refractivity contribution in [2.45, 2.75) is 13.0 Å². The molecule has 0 unspecified atom stereocenters. The molecule has 0 aliphatic carbocycles. The molecular formula is C18H19FN4O2. The molecule has 0 bridgehead atoms. The largest absolute Gasteiger partial charge is 0.378 e. The Hall–Kier alpha value is -2.54. The van der Waals surface area contributed by atoms with Gasteiger partial charge in [0.1, 0.15) is 5.82 Å². The fraction of sp³-hybridized carbons (Fsp3) is 0.389. The molecule has 0 saturated carbocycles. The molecule has 1 fully saturated rings. The van der Waals surface area contributed by atoms with E-state index in [9.17, 15) is 9.18 Å². The molecule has 0 radical (unpaired) electrons. The number of morpholine rings is 1. The average Bonchev–Trinajstić information content (AvgIpc) is 2.98. The van der Waals surface area contributed by atoms with Gasteiger partial charge in [-0.3, -0.25) is 14.8 Å². The number of hydrogen-bond acceptors (Lipinski definition) is 5. The Kier molecular flexibility index (Phi) is 4.31. The van der Waals surface area contributed by atoms with Crippen LogP contribution in [0, 0.1) is 5.82 Å². The predicted molar refractivity (Wildman–Crippen MR) is 89.9 cm³/mol. The topological polar surface area (TPSA) is 58.6 Å². The SMILES string of the molecule is O=C1c2c(N3CCOCC3)ccnc2CN1CCc1ccc(F)cn1. The number of ether oxygens (including phenoxy) is 1. The maximum absolute atomic E-state index is 12.9. The predicted octanol–water partition coefficient (Wildman–Crippen LogP) is 1.65. The highest BCUT2D eigenvalue weighted by Gasteiger charge is 2.32. The highest BCUT2D eigenvalue weighted by Crippen LogP contribution is 2.30. The van der Waals surface area contributed by atoms with Crippen molar-refractivity contribution in [3.63, 3.8) is 0 Å². The third-order valence-corrected chi connectivity index (χ3v) is 4.63. The van der Waals surface area contributed by atoms with E-state index in [-0.39, 0.29) is 11.7 Å². The minimum absolute atomic E-state index is 0.00621. The van der Waals surface area contributed by atoms with Crippen molar-refractivity contribution in [3.05, 3.63) is 53.4 Å². The first-order valence-corrected chi connectivity index (χ1v) is 8.42. The molecule has 25 heavy (non-hydrogen) atoms. The van der Waals surface area contributed by atoms with Gasteiger partial charge in [0.05, 0.1) is 42.9 Å². The standard InChI is InChI=1S/C18H19FN4O2/c19-13-1-2-14(21-11-13)4-6-23-12-15-17(18(23)24)16(3-5-20-15)22-7-9-25-10-8-22/h1-3,5,11H,4,6-10,12H2. The van der Waals surface area contributed by atoms with Gasteiger partial charge in [0.2, 0.25) is 0 Å². The van der Waals surface area contributed by atoms with Gasteiger partial charge in [0, 0.05) is 37.9 Å². The summed E-state index contributed by atoms with van der Waals surface area (Å²) in [5.41, 5.74) is 3.24. The van der Waals surface area contributed by atoms with E-state index in [0.717, 1.165) is 30.2 Å². The van der Waals surface area contributed by atoms with Crippen LogP contribution in [0.2, 0.25) is 0 Å². The van der Waals surface area contributed by atoms with E-state index in [0.29, 0.717) is 38.3 Å². The molecule has 130 valence electrons. The van der Waals surface area contributed by atoms with Gasteiger partial charge in [0.25, 0.3) is 5.91 Å². The summed E-state index contributed by atoms with van der Waals surface area (Å²) >= 11 is 0. The Morgan fingerprint density at radius 1 is 1.16 bits per heavy atom. The van der Waals surface area contributed by atoms with Crippen LogP contribution < -0.4 is 4.90 Å². The fourth-order valence-corrected chi connectivity index (χ4v) is 3.31. The second kappa shape index (κ2) is 6.76. The Bertz CT molecular complexity index is 775. The molecule has 0 spiro atoms. The van der Waals surface area contributed by atoms with Crippen LogP contribution >= 0.6 is 0 Å². The van der Waals surface area contributed by atoms with E-state index >= 15 is 0 Å². The first kappa shape index (κ1) is 16.0. The number of carbonyl (C=O) groups is 1. The summed E-state index contributed by atoms with van der Waals surface area (Å²) in [6.45, 7) is 3.95. The molecule has 7 heteroatoms. The summed E-state index contributed by atoms with van der Waals surface area (Å²) in [4.78, 5) is 25.3.